The van der Waals surface area contributed by atoms with E-state index in [-0.39, 0.29) is 0 Å². The fourth-order valence-electron chi connectivity index (χ4n) is 2.00. The van der Waals surface area contributed by atoms with Gasteiger partial charge in [-0.25, -0.2) is 4.98 Å². The molecule has 0 radical (unpaired) electrons. The maximum absolute atomic E-state index is 4.60. The first-order valence-corrected chi connectivity index (χ1v) is 7.26. The summed E-state index contributed by atoms with van der Waals surface area (Å²) in [5.41, 5.74) is 3.67. The molecule has 2 aromatic heterocycles. The smallest absolute Gasteiger partial charge is 0.194 e. The van der Waals surface area contributed by atoms with Crippen LogP contribution in [-0.4, -0.2) is 22.5 Å². The van der Waals surface area contributed by atoms with Crippen molar-refractivity contribution in [3.05, 3.63) is 28.0 Å². The Balaban J connectivity index is 2.24. The lowest BCUT2D eigenvalue weighted by Gasteiger charge is -2.03. The van der Waals surface area contributed by atoms with Gasteiger partial charge in [-0.15, -0.1) is 11.3 Å². The van der Waals surface area contributed by atoms with E-state index in [4.69, 9.17) is 0 Å². The lowest BCUT2D eigenvalue weighted by molar-refractivity contribution is 0.715. The van der Waals surface area contributed by atoms with Gasteiger partial charge >= 0.3 is 0 Å². The van der Waals surface area contributed by atoms with E-state index >= 15 is 0 Å². The van der Waals surface area contributed by atoms with Crippen LogP contribution in [0.5, 0.6) is 0 Å². The molecule has 0 amide bonds. The van der Waals surface area contributed by atoms with Crippen LogP contribution in [0.3, 0.4) is 0 Å². The highest BCUT2D eigenvalue weighted by Crippen LogP contribution is 2.22. The number of aryl methyl sites for hydroxylation is 2. The van der Waals surface area contributed by atoms with Gasteiger partial charge in [-0.2, -0.15) is 0 Å². The fourth-order valence-corrected chi connectivity index (χ4v) is 2.88. The molecule has 2 rings (SSSR count). The van der Waals surface area contributed by atoms with Gasteiger partial charge in [0.05, 0.1) is 11.4 Å². The van der Waals surface area contributed by atoms with Gasteiger partial charge in [0.1, 0.15) is 0 Å². The zero-order valence-electron chi connectivity index (χ0n) is 11.6. The Kier molecular flexibility index (Phi) is 4.19. The van der Waals surface area contributed by atoms with Crippen molar-refractivity contribution >= 4 is 22.4 Å². The third-order valence-electron chi connectivity index (χ3n) is 2.88. The van der Waals surface area contributed by atoms with Gasteiger partial charge in [0, 0.05) is 17.6 Å². The molecule has 0 fully saturated rings. The summed E-state index contributed by atoms with van der Waals surface area (Å²) >= 11 is 1.74. The largest absolute Gasteiger partial charge is 0.313 e. The monoisotopic (exact) mass is 263 g/mol. The summed E-state index contributed by atoms with van der Waals surface area (Å²) in [7, 11) is 0. The van der Waals surface area contributed by atoms with E-state index in [1.807, 2.05) is 0 Å². The second kappa shape index (κ2) is 5.67. The highest BCUT2D eigenvalue weighted by Gasteiger charge is 2.08. The average molecular weight is 263 g/mol. The maximum Gasteiger partial charge on any atom is 0.194 e. The molecule has 0 aliphatic heterocycles. The van der Waals surface area contributed by atoms with E-state index in [1.54, 1.807) is 11.3 Å². The number of aromatic nitrogens is 2. The first-order chi connectivity index (χ1) is 8.61. The highest BCUT2D eigenvalue weighted by molar-refractivity contribution is 7.17. The summed E-state index contributed by atoms with van der Waals surface area (Å²) in [5, 5.41) is 3.42. The molecule has 0 bridgehead atoms. The molecule has 0 spiro atoms. The van der Waals surface area contributed by atoms with E-state index in [1.165, 1.54) is 22.6 Å². The molecule has 0 atom stereocenters. The van der Waals surface area contributed by atoms with E-state index < -0.39 is 0 Å². The first-order valence-electron chi connectivity index (χ1n) is 6.44. The molecule has 4 heteroatoms. The Labute approximate surface area is 113 Å². The third kappa shape index (κ3) is 2.82. The second-order valence-corrected chi connectivity index (χ2v) is 5.96. The van der Waals surface area contributed by atoms with E-state index in [0.29, 0.717) is 0 Å². The molecule has 2 aromatic rings. The van der Waals surface area contributed by atoms with Crippen molar-refractivity contribution in [3.8, 4) is 0 Å². The predicted molar refractivity (Wildman–Crippen MR) is 79.4 cm³/mol. The van der Waals surface area contributed by atoms with Crippen LogP contribution >= 0.6 is 11.3 Å². The minimum absolute atomic E-state index is 0.948. The van der Waals surface area contributed by atoms with Crippen LogP contribution in [0.15, 0.2) is 11.8 Å². The molecule has 1 N–H and O–H groups in total. The Morgan fingerprint density at radius 1 is 1.50 bits per heavy atom. The van der Waals surface area contributed by atoms with Crippen LogP contribution < -0.4 is 5.32 Å². The van der Waals surface area contributed by atoms with Crippen molar-refractivity contribution < 1.29 is 0 Å². The van der Waals surface area contributed by atoms with Crippen molar-refractivity contribution in [1.82, 2.24) is 14.7 Å². The minimum Gasteiger partial charge on any atom is -0.313 e. The zero-order valence-corrected chi connectivity index (χ0v) is 12.4. The molecular weight excluding hydrogens is 242 g/mol. The number of thiazole rings is 1. The minimum atomic E-state index is 0.948. The summed E-state index contributed by atoms with van der Waals surface area (Å²) in [4.78, 5) is 6.99. The van der Waals surface area contributed by atoms with E-state index in [2.05, 4.69) is 54.7 Å². The topological polar surface area (TPSA) is 29.3 Å². The van der Waals surface area contributed by atoms with Crippen LogP contribution in [0.25, 0.3) is 11.0 Å². The molecule has 2 heterocycles. The predicted octanol–water partition coefficient (Wildman–Crippen LogP) is 3.42. The number of imidazole rings is 1. The van der Waals surface area contributed by atoms with Gasteiger partial charge in [0.2, 0.25) is 0 Å². The van der Waals surface area contributed by atoms with Gasteiger partial charge < -0.3 is 5.32 Å². The van der Waals surface area contributed by atoms with Gasteiger partial charge in [0.25, 0.3) is 0 Å². The summed E-state index contributed by atoms with van der Waals surface area (Å²) < 4.78 is 2.19. The number of hydrogen-bond acceptors (Lipinski definition) is 3. The van der Waals surface area contributed by atoms with Gasteiger partial charge in [-0.05, 0) is 39.8 Å². The van der Waals surface area contributed by atoms with Gasteiger partial charge in [0.15, 0.2) is 4.96 Å². The van der Waals surface area contributed by atoms with Crippen LogP contribution in [0.1, 0.15) is 36.5 Å². The van der Waals surface area contributed by atoms with Crippen molar-refractivity contribution in [2.45, 2.75) is 34.1 Å². The third-order valence-corrected chi connectivity index (χ3v) is 3.77. The normalized spacial score (nSPS) is 12.6. The van der Waals surface area contributed by atoms with E-state index in [9.17, 15) is 0 Å². The molecule has 0 saturated heterocycles. The van der Waals surface area contributed by atoms with Gasteiger partial charge in [-0.1, -0.05) is 12.5 Å². The van der Waals surface area contributed by atoms with Crippen LogP contribution in [0.2, 0.25) is 0 Å². The van der Waals surface area contributed by atoms with Crippen LogP contribution in [0.4, 0.5) is 0 Å². The summed E-state index contributed by atoms with van der Waals surface area (Å²) in [6.45, 7) is 10.6. The van der Waals surface area contributed by atoms with Crippen LogP contribution in [0, 0.1) is 13.8 Å². The van der Waals surface area contributed by atoms with Crippen molar-refractivity contribution in [2.75, 3.05) is 13.1 Å². The lowest BCUT2D eigenvalue weighted by atomic mass is 10.2. The zero-order chi connectivity index (χ0) is 13.1. The number of fused-ring (bicyclic) bond motifs is 1. The molecule has 0 aromatic carbocycles. The molecule has 0 aliphatic carbocycles. The molecule has 98 valence electrons. The standard InChI is InChI=1S/C14H21N3S/c1-5-6-15-8-10(2)7-13-12(4)16-14-17(13)9-11(3)18-14/h7,9,15H,5-6,8H2,1-4H3. The Hall–Kier alpha value is -1.13. The Bertz CT molecular complexity index is 563. The number of nitrogens with zero attached hydrogens (tertiary/aromatic N) is 2. The Morgan fingerprint density at radius 2 is 2.28 bits per heavy atom. The molecule has 0 unspecified atom stereocenters. The van der Waals surface area contributed by atoms with Crippen molar-refractivity contribution in [3.63, 3.8) is 0 Å². The summed E-state index contributed by atoms with van der Waals surface area (Å²) in [6, 6.07) is 0. The number of nitrogens with one attached hydrogen (secondary N) is 1. The maximum atomic E-state index is 4.60. The fraction of sp³-hybridized carbons (Fsp3) is 0.500. The SMILES string of the molecule is CCCNCC(C)=Cc1c(C)nc2sc(C)cn12. The van der Waals surface area contributed by atoms with E-state index in [0.717, 1.165) is 23.7 Å². The van der Waals surface area contributed by atoms with Crippen LogP contribution in [-0.2, 0) is 0 Å². The molecule has 0 saturated carbocycles. The van der Waals surface area contributed by atoms with Crippen molar-refractivity contribution in [1.29, 1.82) is 0 Å². The second-order valence-electron chi connectivity index (χ2n) is 4.74. The molecular formula is C14H21N3S. The Morgan fingerprint density at radius 3 is 3.00 bits per heavy atom. The van der Waals surface area contributed by atoms with Crippen molar-refractivity contribution in [2.24, 2.45) is 0 Å². The lowest BCUT2D eigenvalue weighted by Crippen LogP contribution is -2.16. The summed E-state index contributed by atoms with van der Waals surface area (Å²) in [5.74, 6) is 0. The summed E-state index contributed by atoms with van der Waals surface area (Å²) in [6.07, 6.45) is 5.58. The molecule has 0 aliphatic rings. The van der Waals surface area contributed by atoms with Gasteiger partial charge in [-0.3, -0.25) is 4.40 Å². The number of hydrogen-bond donors (Lipinski definition) is 1. The molecule has 18 heavy (non-hydrogen) atoms. The highest BCUT2D eigenvalue weighted by atomic mass is 32.1. The first kappa shape index (κ1) is 13.3. The average Bonchev–Trinajstić information content (AvgIpc) is 2.78. The quantitative estimate of drug-likeness (QED) is 0.838. The number of rotatable bonds is 5. The molecule has 3 nitrogen and oxygen atoms in total.